The highest BCUT2D eigenvalue weighted by molar-refractivity contribution is 7.13. The van der Waals surface area contributed by atoms with E-state index in [9.17, 15) is 9.59 Å². The lowest BCUT2D eigenvalue weighted by Crippen LogP contribution is -2.51. The van der Waals surface area contributed by atoms with Crippen LogP contribution < -0.4 is 10.2 Å². The third-order valence-electron chi connectivity index (χ3n) is 7.20. The van der Waals surface area contributed by atoms with E-state index in [-0.39, 0.29) is 17.7 Å². The quantitative estimate of drug-likeness (QED) is 0.409. The molecule has 2 saturated heterocycles. The van der Waals surface area contributed by atoms with Crippen LogP contribution in [0.1, 0.15) is 6.42 Å². The summed E-state index contributed by atoms with van der Waals surface area (Å²) in [4.78, 5) is 36.6. The first-order valence-corrected chi connectivity index (χ1v) is 13.5. The van der Waals surface area contributed by atoms with E-state index >= 15 is 0 Å². The van der Waals surface area contributed by atoms with Gasteiger partial charge in [0.2, 0.25) is 11.8 Å². The van der Waals surface area contributed by atoms with Crippen molar-refractivity contribution >= 4 is 44.9 Å². The van der Waals surface area contributed by atoms with Crippen molar-refractivity contribution in [1.82, 2.24) is 25.0 Å². The number of rotatable bonds is 6. The molecule has 2 aromatic heterocycles. The average molecular weight is 516 g/mol. The number of H-pyrrole nitrogens is 1. The molecule has 0 radical (unpaired) electrons. The number of hydrogen-bond donors (Lipinski definition) is 2. The van der Waals surface area contributed by atoms with Gasteiger partial charge in [-0.25, -0.2) is 4.98 Å². The minimum atomic E-state index is -0.136. The second kappa shape index (κ2) is 10.3. The molecule has 1 atom stereocenters. The number of carbonyl (C=O) groups excluding carboxylic acids is 2. The first kappa shape index (κ1) is 23.6. The van der Waals surface area contributed by atoms with Crippen LogP contribution in [-0.2, 0) is 9.59 Å². The number of nitrogens with zero attached hydrogens (tertiary/aromatic N) is 5. The molecule has 2 fully saturated rings. The van der Waals surface area contributed by atoms with Crippen LogP contribution in [0, 0.1) is 5.92 Å². The van der Waals surface area contributed by atoms with Crippen LogP contribution in [0.5, 0.6) is 0 Å². The van der Waals surface area contributed by atoms with E-state index in [0.29, 0.717) is 26.2 Å². The minimum Gasteiger partial charge on any atom is -0.345 e. The smallest absolute Gasteiger partial charge is 0.236 e. The van der Waals surface area contributed by atoms with Gasteiger partial charge in [0.25, 0.3) is 0 Å². The number of hydrogen-bond acceptors (Lipinski definition) is 7. The van der Waals surface area contributed by atoms with E-state index in [0.717, 1.165) is 59.0 Å². The van der Waals surface area contributed by atoms with E-state index in [1.807, 2.05) is 65.0 Å². The van der Waals surface area contributed by atoms with Crippen molar-refractivity contribution in [1.29, 1.82) is 0 Å². The maximum atomic E-state index is 13.1. The molecule has 4 aromatic rings. The third-order valence-corrected chi connectivity index (χ3v) is 8.03. The number of carbonyl (C=O) groups is 2. The Labute approximate surface area is 219 Å². The highest BCUT2D eigenvalue weighted by Crippen LogP contribution is 2.29. The first-order valence-electron chi connectivity index (χ1n) is 12.6. The second-order valence-electron chi connectivity index (χ2n) is 9.59. The largest absolute Gasteiger partial charge is 0.345 e. The molecule has 2 aromatic carbocycles. The normalized spacial score (nSPS) is 18.4. The summed E-state index contributed by atoms with van der Waals surface area (Å²) in [5, 5.41) is 14.6. The summed E-state index contributed by atoms with van der Waals surface area (Å²) in [6.07, 6.45) is 2.56. The zero-order valence-electron chi connectivity index (χ0n) is 20.5. The lowest BCUT2D eigenvalue weighted by atomic mass is 10.1. The van der Waals surface area contributed by atoms with E-state index < -0.39 is 0 Å². The number of nitrogens with one attached hydrogen (secondary N) is 2. The molecule has 190 valence electrons. The predicted octanol–water partition coefficient (Wildman–Crippen LogP) is 3.30. The second-order valence-corrected chi connectivity index (χ2v) is 10.5. The van der Waals surface area contributed by atoms with Crippen LogP contribution in [0.25, 0.3) is 22.2 Å². The molecule has 37 heavy (non-hydrogen) atoms. The Morgan fingerprint density at radius 3 is 2.68 bits per heavy atom. The maximum Gasteiger partial charge on any atom is 0.236 e. The lowest BCUT2D eigenvalue weighted by Gasteiger charge is -2.35. The van der Waals surface area contributed by atoms with Crippen molar-refractivity contribution in [2.75, 3.05) is 56.0 Å². The van der Waals surface area contributed by atoms with Gasteiger partial charge < -0.3 is 15.1 Å². The van der Waals surface area contributed by atoms with Crippen LogP contribution in [0.4, 0.5) is 10.8 Å². The fourth-order valence-electron chi connectivity index (χ4n) is 5.15. The third kappa shape index (κ3) is 5.07. The number of aromatic nitrogens is 3. The number of anilines is 2. The number of likely N-dealkylation sites (tertiary alicyclic amines) is 1. The molecule has 0 bridgehead atoms. The van der Waals surface area contributed by atoms with Gasteiger partial charge in [-0.3, -0.25) is 19.6 Å². The molecule has 0 unspecified atom stereocenters. The van der Waals surface area contributed by atoms with Crippen LogP contribution in [0.3, 0.4) is 0 Å². The molecule has 2 amide bonds. The Balaban J connectivity index is 1.03. The van der Waals surface area contributed by atoms with E-state index in [4.69, 9.17) is 0 Å². The topological polar surface area (TPSA) is 97.5 Å². The van der Waals surface area contributed by atoms with Crippen molar-refractivity contribution in [2.45, 2.75) is 6.42 Å². The highest BCUT2D eigenvalue weighted by atomic mass is 32.1. The number of fused-ring (bicyclic) bond motifs is 1. The summed E-state index contributed by atoms with van der Waals surface area (Å²) >= 11 is 1.63. The van der Waals surface area contributed by atoms with Crippen molar-refractivity contribution < 1.29 is 9.59 Å². The zero-order chi connectivity index (χ0) is 25.2. The number of benzene rings is 2. The van der Waals surface area contributed by atoms with E-state index in [1.54, 1.807) is 11.3 Å². The Bertz CT molecular complexity index is 1380. The summed E-state index contributed by atoms with van der Waals surface area (Å²) in [6, 6.07) is 15.8. The number of thiazole rings is 1. The van der Waals surface area contributed by atoms with Crippen molar-refractivity contribution in [3.05, 3.63) is 60.1 Å². The van der Waals surface area contributed by atoms with E-state index in [1.165, 1.54) is 0 Å². The molecule has 4 heterocycles. The van der Waals surface area contributed by atoms with Gasteiger partial charge in [-0.2, -0.15) is 5.10 Å². The van der Waals surface area contributed by atoms with Gasteiger partial charge in [0, 0.05) is 60.9 Å². The van der Waals surface area contributed by atoms with Gasteiger partial charge in [0.15, 0.2) is 5.13 Å². The van der Waals surface area contributed by atoms with Crippen LogP contribution in [0.2, 0.25) is 0 Å². The Hall–Kier alpha value is -3.76. The van der Waals surface area contributed by atoms with Gasteiger partial charge in [0.1, 0.15) is 0 Å². The van der Waals surface area contributed by atoms with E-state index in [2.05, 4.69) is 30.3 Å². The number of aromatic amines is 1. The molecular weight excluding hydrogens is 486 g/mol. The maximum absolute atomic E-state index is 13.1. The fraction of sp³-hybridized carbons (Fsp3) is 0.333. The monoisotopic (exact) mass is 515 g/mol. The summed E-state index contributed by atoms with van der Waals surface area (Å²) in [5.41, 5.74) is 3.57. The number of piperazine rings is 1. The molecule has 10 heteroatoms. The van der Waals surface area contributed by atoms with Gasteiger partial charge in [-0.05, 0) is 31.2 Å². The van der Waals surface area contributed by atoms with Gasteiger partial charge in [-0.15, -0.1) is 11.3 Å². The molecule has 6 rings (SSSR count). The van der Waals surface area contributed by atoms with Gasteiger partial charge in [-0.1, -0.05) is 30.3 Å². The molecule has 2 N–H and O–H groups in total. The van der Waals surface area contributed by atoms with Crippen LogP contribution >= 0.6 is 11.3 Å². The summed E-state index contributed by atoms with van der Waals surface area (Å²) < 4.78 is 0. The van der Waals surface area contributed by atoms with Crippen LogP contribution in [-0.4, -0.2) is 82.6 Å². The lowest BCUT2D eigenvalue weighted by molar-refractivity contribution is -0.132. The van der Waals surface area contributed by atoms with Crippen molar-refractivity contribution in [3.8, 4) is 11.3 Å². The highest BCUT2D eigenvalue weighted by Gasteiger charge is 2.31. The molecule has 0 spiro atoms. The minimum absolute atomic E-state index is 0.00360. The molecule has 0 aliphatic carbocycles. The summed E-state index contributed by atoms with van der Waals surface area (Å²) in [5.74, 6) is -0.00185. The van der Waals surface area contributed by atoms with Gasteiger partial charge in [0.05, 0.1) is 23.7 Å². The standard InChI is InChI=1S/C27H29N7O2S/c35-24(33-11-13-34(14-12-33)27-28-9-15-37-27)18-32-10-8-20(17-32)26(36)29-21-6-7-23-22(16-21)25(31-30-23)19-4-2-1-3-5-19/h1-7,9,15-16,20H,8,10-14,17-18H2,(H,29,36)(H,30,31)/t20-/m1/s1. The Morgan fingerprint density at radius 2 is 1.89 bits per heavy atom. The van der Waals surface area contributed by atoms with Crippen molar-refractivity contribution in [3.63, 3.8) is 0 Å². The van der Waals surface area contributed by atoms with Gasteiger partial charge >= 0.3 is 0 Å². The molecule has 9 nitrogen and oxygen atoms in total. The average Bonchev–Trinajstić information content (AvgIpc) is 3.70. The van der Waals surface area contributed by atoms with Crippen LogP contribution in [0.15, 0.2) is 60.1 Å². The summed E-state index contributed by atoms with van der Waals surface area (Å²) in [7, 11) is 0. The molecular formula is C27H29N7O2S. The molecule has 2 aliphatic heterocycles. The number of amides is 2. The van der Waals surface area contributed by atoms with Crippen molar-refractivity contribution in [2.24, 2.45) is 5.92 Å². The molecule has 0 saturated carbocycles. The first-order chi connectivity index (χ1) is 18.1. The predicted molar refractivity (Wildman–Crippen MR) is 146 cm³/mol. The fourth-order valence-corrected chi connectivity index (χ4v) is 5.85. The molecule has 2 aliphatic rings. The Kier molecular flexibility index (Phi) is 6.58. The Morgan fingerprint density at radius 1 is 1.05 bits per heavy atom. The SMILES string of the molecule is O=C(Nc1ccc2[nH]nc(-c3ccccc3)c2c1)[C@@H]1CCN(CC(=O)N2CCN(c3nccs3)CC2)C1. The zero-order valence-corrected chi connectivity index (χ0v) is 21.3. The summed E-state index contributed by atoms with van der Waals surface area (Å²) in [6.45, 7) is 4.73.